The maximum absolute atomic E-state index is 12.6. The Balaban J connectivity index is 1.58. The Hall–Kier alpha value is -3.58. The van der Waals surface area contributed by atoms with Crippen LogP contribution in [0.15, 0.2) is 83.9 Å². The number of carbonyl (C=O) groups is 1. The fraction of sp³-hybridized carbons (Fsp3) is 0.0870. The Morgan fingerprint density at radius 2 is 1.80 bits per heavy atom. The molecular weight excluding hydrogens is 398 g/mol. The molecule has 0 unspecified atom stereocenters. The molecule has 6 nitrogen and oxygen atoms in total. The number of aromatic nitrogens is 1. The largest absolute Gasteiger partial charge is 0.399 e. The fourth-order valence-electron chi connectivity index (χ4n) is 3.46. The molecular formula is C23H21N3O3S. The minimum atomic E-state index is -3.95. The minimum Gasteiger partial charge on any atom is -0.399 e. The molecule has 30 heavy (non-hydrogen) atoms. The van der Waals surface area contributed by atoms with Crippen LogP contribution < -0.4 is 10.5 Å². The lowest BCUT2D eigenvalue weighted by Gasteiger charge is -2.10. The number of nitrogens with two attached hydrogens (primary N) is 1. The van der Waals surface area contributed by atoms with E-state index in [1.165, 1.54) is 6.07 Å². The Bertz CT molecular complexity index is 1360. The molecule has 3 aromatic carbocycles. The zero-order chi connectivity index (χ0) is 21.3. The second kappa shape index (κ2) is 7.68. The van der Waals surface area contributed by atoms with Crippen LogP contribution in [0.25, 0.3) is 10.9 Å². The standard InChI is InChI=1S/C23H21N3O3S/c1-16-5-2-3-8-22(16)30(28,29)25-23(27)19-9-10-21-18(14-19)11-12-26(21)15-17-6-4-7-20(24)13-17/h2-14H,15,24H2,1H3,(H,25,27). The van der Waals surface area contributed by atoms with Crippen molar-refractivity contribution in [1.29, 1.82) is 0 Å². The first-order valence-corrected chi connectivity index (χ1v) is 10.9. The minimum absolute atomic E-state index is 0.0905. The van der Waals surface area contributed by atoms with E-state index in [1.54, 1.807) is 37.3 Å². The lowest BCUT2D eigenvalue weighted by atomic mass is 10.1. The molecule has 0 atom stereocenters. The van der Waals surface area contributed by atoms with Crippen LogP contribution in [0.2, 0.25) is 0 Å². The van der Waals surface area contributed by atoms with Crippen LogP contribution in [-0.4, -0.2) is 18.9 Å². The fourth-order valence-corrected chi connectivity index (χ4v) is 4.68. The quantitative estimate of drug-likeness (QED) is 0.482. The highest BCUT2D eigenvalue weighted by molar-refractivity contribution is 7.90. The summed E-state index contributed by atoms with van der Waals surface area (Å²) in [6, 6.07) is 21.2. The van der Waals surface area contributed by atoms with E-state index >= 15 is 0 Å². The Kier molecular flexibility index (Phi) is 5.05. The molecule has 7 heteroatoms. The molecule has 1 heterocycles. The Labute approximate surface area is 175 Å². The molecule has 0 radical (unpaired) electrons. The summed E-state index contributed by atoms with van der Waals surface area (Å²) in [4.78, 5) is 12.7. The summed E-state index contributed by atoms with van der Waals surface area (Å²) < 4.78 is 29.4. The molecule has 0 saturated carbocycles. The first kappa shape index (κ1) is 19.7. The van der Waals surface area contributed by atoms with E-state index in [9.17, 15) is 13.2 Å². The normalized spacial score (nSPS) is 11.5. The number of benzene rings is 3. The van der Waals surface area contributed by atoms with Gasteiger partial charge in [-0.2, -0.15) is 0 Å². The van der Waals surface area contributed by atoms with Gasteiger partial charge in [0.2, 0.25) is 0 Å². The SMILES string of the molecule is Cc1ccccc1S(=O)(=O)NC(=O)c1ccc2c(ccn2Cc2cccc(N)c2)c1. The summed E-state index contributed by atoms with van der Waals surface area (Å²) in [5.74, 6) is -0.663. The van der Waals surface area contributed by atoms with Crippen molar-refractivity contribution in [3.05, 3.63) is 95.7 Å². The smallest absolute Gasteiger partial charge is 0.265 e. The van der Waals surface area contributed by atoms with Gasteiger partial charge in [-0.15, -0.1) is 0 Å². The summed E-state index contributed by atoms with van der Waals surface area (Å²) >= 11 is 0. The molecule has 0 spiro atoms. The molecule has 0 bridgehead atoms. The highest BCUT2D eigenvalue weighted by Crippen LogP contribution is 2.21. The summed E-state index contributed by atoms with van der Waals surface area (Å²) in [6.45, 7) is 2.33. The molecule has 1 amide bonds. The van der Waals surface area contributed by atoms with Crippen molar-refractivity contribution in [2.75, 3.05) is 5.73 Å². The monoisotopic (exact) mass is 419 g/mol. The molecule has 0 saturated heterocycles. The predicted octanol–water partition coefficient (Wildman–Crippen LogP) is 3.70. The van der Waals surface area contributed by atoms with Crippen molar-refractivity contribution in [2.24, 2.45) is 0 Å². The van der Waals surface area contributed by atoms with Crippen molar-refractivity contribution >= 4 is 32.5 Å². The average Bonchev–Trinajstić information content (AvgIpc) is 3.10. The number of nitrogens with zero attached hydrogens (tertiary/aromatic N) is 1. The molecule has 0 fully saturated rings. The van der Waals surface area contributed by atoms with Crippen molar-refractivity contribution in [3.63, 3.8) is 0 Å². The third-order valence-electron chi connectivity index (χ3n) is 4.95. The van der Waals surface area contributed by atoms with E-state index in [1.807, 2.05) is 42.6 Å². The molecule has 4 aromatic rings. The van der Waals surface area contributed by atoms with Crippen LogP contribution >= 0.6 is 0 Å². The van der Waals surface area contributed by atoms with Gasteiger partial charge >= 0.3 is 0 Å². The third kappa shape index (κ3) is 3.92. The molecule has 1 aromatic heterocycles. The van der Waals surface area contributed by atoms with Crippen LogP contribution in [0.5, 0.6) is 0 Å². The first-order chi connectivity index (χ1) is 14.3. The van der Waals surface area contributed by atoms with Gasteiger partial charge in [0.1, 0.15) is 0 Å². The van der Waals surface area contributed by atoms with Gasteiger partial charge in [0.05, 0.1) is 4.90 Å². The van der Waals surface area contributed by atoms with E-state index in [-0.39, 0.29) is 10.5 Å². The van der Waals surface area contributed by atoms with Gasteiger partial charge in [0.15, 0.2) is 0 Å². The van der Waals surface area contributed by atoms with Crippen molar-refractivity contribution in [1.82, 2.24) is 9.29 Å². The molecule has 0 aliphatic rings. The Morgan fingerprint density at radius 1 is 1.00 bits per heavy atom. The topological polar surface area (TPSA) is 94.2 Å². The number of amides is 1. The van der Waals surface area contributed by atoms with Gasteiger partial charge in [0, 0.05) is 34.9 Å². The maximum atomic E-state index is 12.6. The van der Waals surface area contributed by atoms with Crippen molar-refractivity contribution < 1.29 is 13.2 Å². The summed E-state index contributed by atoms with van der Waals surface area (Å²) in [7, 11) is -3.95. The first-order valence-electron chi connectivity index (χ1n) is 9.39. The Morgan fingerprint density at radius 3 is 2.57 bits per heavy atom. The zero-order valence-electron chi connectivity index (χ0n) is 16.4. The highest BCUT2D eigenvalue weighted by atomic mass is 32.2. The van der Waals surface area contributed by atoms with E-state index in [2.05, 4.69) is 9.29 Å². The van der Waals surface area contributed by atoms with E-state index < -0.39 is 15.9 Å². The second-order valence-corrected chi connectivity index (χ2v) is 8.81. The number of anilines is 1. The molecule has 152 valence electrons. The van der Waals surface area contributed by atoms with Crippen LogP contribution in [0.3, 0.4) is 0 Å². The number of carbonyl (C=O) groups excluding carboxylic acids is 1. The molecule has 4 rings (SSSR count). The number of nitrogen functional groups attached to an aromatic ring is 1. The summed E-state index contributed by atoms with van der Waals surface area (Å²) in [5.41, 5.74) is 9.42. The number of fused-ring (bicyclic) bond motifs is 1. The lowest BCUT2D eigenvalue weighted by molar-refractivity contribution is 0.0981. The number of rotatable bonds is 5. The van der Waals surface area contributed by atoms with Gasteiger partial charge in [-0.05, 0) is 60.5 Å². The van der Waals surface area contributed by atoms with E-state index in [4.69, 9.17) is 5.73 Å². The summed E-state index contributed by atoms with van der Waals surface area (Å²) in [5, 5.41) is 0.847. The van der Waals surface area contributed by atoms with Crippen molar-refractivity contribution in [3.8, 4) is 0 Å². The third-order valence-corrected chi connectivity index (χ3v) is 6.44. The van der Waals surface area contributed by atoms with Gasteiger partial charge in [0.25, 0.3) is 15.9 Å². The number of hydrogen-bond donors (Lipinski definition) is 2. The predicted molar refractivity (Wildman–Crippen MR) is 118 cm³/mol. The van der Waals surface area contributed by atoms with Gasteiger partial charge < -0.3 is 10.3 Å². The summed E-state index contributed by atoms with van der Waals surface area (Å²) in [6.07, 6.45) is 1.93. The molecule has 3 N–H and O–H groups in total. The number of nitrogens with one attached hydrogen (secondary N) is 1. The van der Waals surface area contributed by atoms with Crippen LogP contribution in [-0.2, 0) is 16.6 Å². The van der Waals surface area contributed by atoms with Gasteiger partial charge in [-0.3, -0.25) is 4.79 Å². The molecule has 0 aliphatic heterocycles. The molecule has 0 aliphatic carbocycles. The highest BCUT2D eigenvalue weighted by Gasteiger charge is 2.20. The zero-order valence-corrected chi connectivity index (χ0v) is 17.2. The van der Waals surface area contributed by atoms with Crippen LogP contribution in [0, 0.1) is 6.92 Å². The maximum Gasteiger partial charge on any atom is 0.265 e. The number of aryl methyl sites for hydroxylation is 1. The second-order valence-electron chi connectivity index (χ2n) is 7.16. The van der Waals surface area contributed by atoms with Crippen molar-refractivity contribution in [2.45, 2.75) is 18.4 Å². The number of sulfonamides is 1. The number of hydrogen-bond acceptors (Lipinski definition) is 4. The lowest BCUT2D eigenvalue weighted by Crippen LogP contribution is -2.31. The van der Waals surface area contributed by atoms with Gasteiger partial charge in [-0.1, -0.05) is 30.3 Å². The van der Waals surface area contributed by atoms with Gasteiger partial charge in [-0.25, -0.2) is 13.1 Å². The van der Waals surface area contributed by atoms with E-state index in [0.29, 0.717) is 17.8 Å². The van der Waals surface area contributed by atoms with Crippen LogP contribution in [0.4, 0.5) is 5.69 Å². The van der Waals surface area contributed by atoms with E-state index in [0.717, 1.165) is 16.5 Å². The van der Waals surface area contributed by atoms with Crippen LogP contribution in [0.1, 0.15) is 21.5 Å². The average molecular weight is 420 g/mol.